The van der Waals surface area contributed by atoms with Gasteiger partial charge in [-0.3, -0.25) is 0 Å². The molecule has 2 bridgehead atoms. The summed E-state index contributed by atoms with van der Waals surface area (Å²) in [5, 5.41) is 3.68. The Hall–Kier alpha value is -0.800. The highest BCUT2D eigenvalue weighted by Crippen LogP contribution is 2.36. The maximum Gasteiger partial charge on any atom is 0.0220 e. The van der Waals surface area contributed by atoms with Gasteiger partial charge in [-0.25, -0.2) is 0 Å². The summed E-state index contributed by atoms with van der Waals surface area (Å²) in [5.74, 6) is 0.890. The first-order valence-corrected chi connectivity index (χ1v) is 8.33. The third kappa shape index (κ3) is 3.09. The van der Waals surface area contributed by atoms with Crippen LogP contribution in [0.1, 0.15) is 44.6 Å². The SMILES string of the molecule is CCCn1ccc(CNCC2CC3CCC(C2)N3C)c1. The standard InChI is InChI=1S/C17H29N3/c1-3-7-20-8-6-14(13-20)11-18-12-15-9-16-4-5-17(10-15)19(16)2/h6,8,13,15-18H,3-5,7,9-12H2,1-2H3. The van der Waals surface area contributed by atoms with Gasteiger partial charge >= 0.3 is 0 Å². The van der Waals surface area contributed by atoms with Crippen molar-refractivity contribution in [3.63, 3.8) is 0 Å². The Morgan fingerprint density at radius 1 is 1.25 bits per heavy atom. The van der Waals surface area contributed by atoms with Crippen LogP contribution in [-0.4, -0.2) is 35.1 Å². The van der Waals surface area contributed by atoms with E-state index in [-0.39, 0.29) is 0 Å². The van der Waals surface area contributed by atoms with Crippen LogP contribution in [0.3, 0.4) is 0 Å². The van der Waals surface area contributed by atoms with E-state index in [1.54, 1.807) is 0 Å². The minimum Gasteiger partial charge on any atom is -0.354 e. The van der Waals surface area contributed by atoms with E-state index >= 15 is 0 Å². The Morgan fingerprint density at radius 3 is 2.70 bits per heavy atom. The van der Waals surface area contributed by atoms with Gasteiger partial charge in [-0.15, -0.1) is 0 Å². The fourth-order valence-electron chi connectivity index (χ4n) is 4.10. The molecule has 112 valence electrons. The number of piperidine rings is 1. The maximum absolute atomic E-state index is 3.68. The monoisotopic (exact) mass is 275 g/mol. The average Bonchev–Trinajstić information content (AvgIpc) is 2.93. The molecule has 1 aromatic heterocycles. The quantitative estimate of drug-likeness (QED) is 0.861. The summed E-state index contributed by atoms with van der Waals surface area (Å²) in [6.07, 6.45) is 11.4. The fraction of sp³-hybridized carbons (Fsp3) is 0.765. The summed E-state index contributed by atoms with van der Waals surface area (Å²) in [7, 11) is 2.32. The molecule has 2 atom stereocenters. The largest absolute Gasteiger partial charge is 0.354 e. The summed E-state index contributed by atoms with van der Waals surface area (Å²) >= 11 is 0. The molecule has 3 heteroatoms. The van der Waals surface area contributed by atoms with Crippen LogP contribution in [0.25, 0.3) is 0 Å². The molecule has 2 unspecified atom stereocenters. The molecule has 2 fully saturated rings. The van der Waals surface area contributed by atoms with Crippen LogP contribution in [0.15, 0.2) is 18.5 Å². The van der Waals surface area contributed by atoms with Crippen molar-refractivity contribution in [1.82, 2.24) is 14.8 Å². The van der Waals surface area contributed by atoms with Gasteiger partial charge in [0.1, 0.15) is 0 Å². The van der Waals surface area contributed by atoms with Crippen LogP contribution in [0.4, 0.5) is 0 Å². The Kier molecular flexibility index (Phi) is 4.47. The number of aryl methyl sites for hydroxylation is 1. The second kappa shape index (κ2) is 6.31. The lowest BCUT2D eigenvalue weighted by molar-refractivity contribution is 0.133. The zero-order valence-electron chi connectivity index (χ0n) is 13.0. The number of fused-ring (bicyclic) bond motifs is 2. The molecule has 0 aliphatic carbocycles. The summed E-state index contributed by atoms with van der Waals surface area (Å²) in [6.45, 7) is 5.59. The van der Waals surface area contributed by atoms with E-state index in [9.17, 15) is 0 Å². The first kappa shape index (κ1) is 14.2. The molecule has 0 spiro atoms. The fourth-order valence-corrected chi connectivity index (χ4v) is 4.10. The van der Waals surface area contributed by atoms with Crippen molar-refractivity contribution in [2.75, 3.05) is 13.6 Å². The van der Waals surface area contributed by atoms with E-state index in [1.807, 2.05) is 0 Å². The van der Waals surface area contributed by atoms with E-state index in [4.69, 9.17) is 0 Å². The molecule has 0 radical (unpaired) electrons. The van der Waals surface area contributed by atoms with Crippen molar-refractivity contribution in [3.8, 4) is 0 Å². The molecular formula is C17H29N3. The Morgan fingerprint density at radius 2 is 2.00 bits per heavy atom. The van der Waals surface area contributed by atoms with E-state index in [0.717, 1.165) is 31.1 Å². The molecule has 3 heterocycles. The molecule has 2 saturated heterocycles. The van der Waals surface area contributed by atoms with E-state index in [1.165, 1.54) is 44.2 Å². The zero-order valence-corrected chi connectivity index (χ0v) is 13.0. The van der Waals surface area contributed by atoms with Crippen LogP contribution in [0, 0.1) is 5.92 Å². The number of aromatic nitrogens is 1. The van der Waals surface area contributed by atoms with Crippen LogP contribution >= 0.6 is 0 Å². The van der Waals surface area contributed by atoms with E-state index < -0.39 is 0 Å². The molecule has 0 saturated carbocycles. The highest BCUT2D eigenvalue weighted by Gasteiger charge is 2.37. The van der Waals surface area contributed by atoms with Crippen molar-refractivity contribution in [2.24, 2.45) is 5.92 Å². The van der Waals surface area contributed by atoms with Gasteiger partial charge in [0, 0.05) is 37.6 Å². The molecule has 20 heavy (non-hydrogen) atoms. The van der Waals surface area contributed by atoms with Crippen molar-refractivity contribution < 1.29 is 0 Å². The van der Waals surface area contributed by atoms with Gasteiger partial charge in [-0.05, 0) is 63.2 Å². The summed E-state index contributed by atoms with van der Waals surface area (Å²) < 4.78 is 2.30. The molecule has 1 N–H and O–H groups in total. The van der Waals surface area contributed by atoms with Gasteiger partial charge in [0.05, 0.1) is 0 Å². The lowest BCUT2D eigenvalue weighted by Gasteiger charge is -2.36. The van der Waals surface area contributed by atoms with Gasteiger partial charge < -0.3 is 14.8 Å². The Balaban J connectivity index is 1.41. The number of nitrogens with one attached hydrogen (secondary N) is 1. The minimum absolute atomic E-state index is 0.867. The second-order valence-corrected chi connectivity index (χ2v) is 6.78. The first-order chi connectivity index (χ1) is 9.76. The second-order valence-electron chi connectivity index (χ2n) is 6.78. The number of hydrogen-bond donors (Lipinski definition) is 1. The Labute approximate surface area is 123 Å². The average molecular weight is 275 g/mol. The van der Waals surface area contributed by atoms with E-state index in [2.05, 4.69) is 47.2 Å². The van der Waals surface area contributed by atoms with Gasteiger partial charge in [0.2, 0.25) is 0 Å². The summed E-state index contributed by atoms with van der Waals surface area (Å²) in [5.41, 5.74) is 1.43. The normalized spacial score (nSPS) is 30.0. The molecular weight excluding hydrogens is 246 g/mol. The number of rotatable bonds is 6. The maximum atomic E-state index is 3.68. The molecule has 2 aliphatic rings. The van der Waals surface area contributed by atoms with Crippen molar-refractivity contribution in [1.29, 1.82) is 0 Å². The van der Waals surface area contributed by atoms with Gasteiger partial charge in [0.25, 0.3) is 0 Å². The number of nitrogens with zero attached hydrogens (tertiary/aromatic N) is 2. The van der Waals surface area contributed by atoms with Crippen molar-refractivity contribution >= 4 is 0 Å². The third-order valence-electron chi connectivity index (χ3n) is 5.25. The first-order valence-electron chi connectivity index (χ1n) is 8.33. The van der Waals surface area contributed by atoms with E-state index in [0.29, 0.717) is 0 Å². The molecule has 2 aliphatic heterocycles. The molecule has 3 nitrogen and oxygen atoms in total. The molecule has 0 aromatic carbocycles. The topological polar surface area (TPSA) is 20.2 Å². The highest BCUT2D eigenvalue weighted by molar-refractivity contribution is 5.10. The smallest absolute Gasteiger partial charge is 0.0220 e. The lowest BCUT2D eigenvalue weighted by atomic mass is 9.91. The van der Waals surface area contributed by atoms with Gasteiger partial charge in [-0.2, -0.15) is 0 Å². The van der Waals surface area contributed by atoms with Crippen molar-refractivity contribution in [3.05, 3.63) is 24.0 Å². The van der Waals surface area contributed by atoms with Crippen LogP contribution in [0.5, 0.6) is 0 Å². The predicted molar refractivity (Wildman–Crippen MR) is 83.7 cm³/mol. The Bertz CT molecular complexity index is 412. The van der Waals surface area contributed by atoms with Crippen LogP contribution < -0.4 is 5.32 Å². The molecule has 3 rings (SSSR count). The highest BCUT2D eigenvalue weighted by atomic mass is 15.2. The summed E-state index contributed by atoms with van der Waals surface area (Å²) in [6, 6.07) is 3.98. The van der Waals surface area contributed by atoms with Gasteiger partial charge in [-0.1, -0.05) is 6.92 Å². The zero-order chi connectivity index (χ0) is 13.9. The molecule has 1 aromatic rings. The van der Waals surface area contributed by atoms with Crippen LogP contribution in [-0.2, 0) is 13.1 Å². The van der Waals surface area contributed by atoms with Crippen molar-refractivity contribution in [2.45, 2.75) is 64.2 Å². The lowest BCUT2D eigenvalue weighted by Crippen LogP contribution is -2.42. The van der Waals surface area contributed by atoms with Crippen LogP contribution in [0.2, 0.25) is 0 Å². The van der Waals surface area contributed by atoms with Gasteiger partial charge in [0.15, 0.2) is 0 Å². The third-order valence-corrected chi connectivity index (χ3v) is 5.25. The minimum atomic E-state index is 0.867. The summed E-state index contributed by atoms with van der Waals surface area (Å²) in [4.78, 5) is 2.63. The number of hydrogen-bond acceptors (Lipinski definition) is 2. The predicted octanol–water partition coefficient (Wildman–Crippen LogP) is 2.86. The molecule has 0 amide bonds.